The van der Waals surface area contributed by atoms with Crippen LogP contribution in [-0.4, -0.2) is 27.5 Å². The summed E-state index contributed by atoms with van der Waals surface area (Å²) in [7, 11) is 0. The molecule has 0 unspecified atom stereocenters. The fourth-order valence-corrected chi connectivity index (χ4v) is 2.56. The van der Waals surface area contributed by atoms with Gasteiger partial charge in [-0.25, -0.2) is 4.98 Å². The zero-order valence-electron chi connectivity index (χ0n) is 9.86. The topological polar surface area (TPSA) is 29.0 Å². The van der Waals surface area contributed by atoms with E-state index in [9.17, 15) is 0 Å². The third-order valence-corrected chi connectivity index (χ3v) is 3.35. The summed E-state index contributed by atoms with van der Waals surface area (Å²) in [5.74, 6) is 0. The van der Waals surface area contributed by atoms with Crippen molar-refractivity contribution >= 4 is 11.6 Å². The highest BCUT2D eigenvalue weighted by molar-refractivity contribution is 6.29. The molecule has 1 aromatic rings. The molecule has 1 aliphatic rings. The second-order valence-electron chi connectivity index (χ2n) is 4.61. The van der Waals surface area contributed by atoms with E-state index in [1.54, 1.807) is 6.20 Å². The van der Waals surface area contributed by atoms with Gasteiger partial charge in [-0.15, -0.1) is 0 Å². The molecule has 1 aliphatic heterocycles. The van der Waals surface area contributed by atoms with Gasteiger partial charge in [0.05, 0.1) is 24.1 Å². The highest BCUT2D eigenvalue weighted by atomic mass is 35.5. The van der Waals surface area contributed by atoms with Gasteiger partial charge in [0, 0.05) is 6.04 Å². The van der Waals surface area contributed by atoms with Gasteiger partial charge in [0.1, 0.15) is 5.15 Å². The first-order valence-electron chi connectivity index (χ1n) is 5.91. The van der Waals surface area contributed by atoms with Gasteiger partial charge < -0.3 is 0 Å². The van der Waals surface area contributed by atoms with E-state index in [0.29, 0.717) is 17.2 Å². The summed E-state index contributed by atoms with van der Waals surface area (Å²) in [5.41, 5.74) is 1.01. The summed E-state index contributed by atoms with van der Waals surface area (Å²) in [6, 6.07) is 0.936. The molecular weight excluding hydrogens is 222 g/mol. The largest absolute Gasteiger partial charge is 0.292 e. The zero-order chi connectivity index (χ0) is 11.5. The molecule has 1 atom stereocenters. The van der Waals surface area contributed by atoms with Crippen molar-refractivity contribution in [3.8, 4) is 0 Å². The first kappa shape index (κ1) is 11.8. The molecule has 1 saturated heterocycles. The summed E-state index contributed by atoms with van der Waals surface area (Å²) < 4.78 is 0. The Morgan fingerprint density at radius 3 is 2.88 bits per heavy atom. The van der Waals surface area contributed by atoms with Crippen molar-refractivity contribution in [1.82, 2.24) is 14.9 Å². The molecule has 0 bridgehead atoms. The predicted octanol–water partition coefficient (Wildman–Crippen LogP) is 3.07. The number of likely N-dealkylation sites (tertiary alicyclic amines) is 1. The molecule has 4 heteroatoms. The fourth-order valence-electron chi connectivity index (χ4n) is 2.41. The lowest BCUT2D eigenvalue weighted by Crippen LogP contribution is -2.38. The average Bonchev–Trinajstić information content (AvgIpc) is 2.29. The summed E-state index contributed by atoms with van der Waals surface area (Å²) in [4.78, 5) is 11.0. The summed E-state index contributed by atoms with van der Waals surface area (Å²) >= 11 is 5.90. The maximum Gasteiger partial charge on any atom is 0.147 e. The van der Waals surface area contributed by atoms with Crippen LogP contribution in [0.2, 0.25) is 5.15 Å². The number of hydrogen-bond donors (Lipinski definition) is 0. The smallest absolute Gasteiger partial charge is 0.147 e. The Hall–Kier alpha value is -0.670. The van der Waals surface area contributed by atoms with Gasteiger partial charge in [0.25, 0.3) is 0 Å². The number of aromatic nitrogens is 2. The molecule has 16 heavy (non-hydrogen) atoms. The number of hydrogen-bond acceptors (Lipinski definition) is 3. The third-order valence-electron chi connectivity index (χ3n) is 3.17. The van der Waals surface area contributed by atoms with Crippen molar-refractivity contribution in [2.75, 3.05) is 6.54 Å². The van der Waals surface area contributed by atoms with E-state index in [0.717, 1.165) is 18.7 Å². The molecule has 2 rings (SSSR count). The second-order valence-corrected chi connectivity index (χ2v) is 5.00. The van der Waals surface area contributed by atoms with Crippen LogP contribution in [0.4, 0.5) is 0 Å². The van der Waals surface area contributed by atoms with Crippen molar-refractivity contribution in [2.24, 2.45) is 0 Å². The Morgan fingerprint density at radius 1 is 1.38 bits per heavy atom. The molecule has 0 aliphatic carbocycles. The molecule has 0 amide bonds. The van der Waals surface area contributed by atoms with Gasteiger partial charge in [-0.3, -0.25) is 9.88 Å². The molecule has 0 aromatic carbocycles. The summed E-state index contributed by atoms with van der Waals surface area (Å²) in [6.45, 7) is 5.61. The van der Waals surface area contributed by atoms with Crippen LogP contribution in [0.1, 0.15) is 44.8 Å². The highest BCUT2D eigenvalue weighted by Gasteiger charge is 2.27. The fraction of sp³-hybridized carbons (Fsp3) is 0.667. The molecule has 0 N–H and O–H groups in total. The van der Waals surface area contributed by atoms with Gasteiger partial charge in [0.15, 0.2) is 0 Å². The lowest BCUT2D eigenvalue weighted by molar-refractivity contribution is 0.109. The van der Waals surface area contributed by atoms with Crippen LogP contribution in [0.5, 0.6) is 0 Å². The molecule has 0 saturated carbocycles. The van der Waals surface area contributed by atoms with E-state index in [2.05, 4.69) is 28.7 Å². The Labute approximate surface area is 102 Å². The van der Waals surface area contributed by atoms with E-state index in [-0.39, 0.29) is 0 Å². The van der Waals surface area contributed by atoms with Crippen molar-refractivity contribution in [3.05, 3.63) is 23.2 Å². The quantitative estimate of drug-likeness (QED) is 0.794. The van der Waals surface area contributed by atoms with Crippen molar-refractivity contribution in [2.45, 2.75) is 45.2 Å². The number of piperidine rings is 1. The van der Waals surface area contributed by atoms with Crippen LogP contribution in [0.25, 0.3) is 0 Å². The average molecular weight is 240 g/mol. The van der Waals surface area contributed by atoms with Gasteiger partial charge in [-0.2, -0.15) is 0 Å². The Morgan fingerprint density at radius 2 is 2.19 bits per heavy atom. The number of rotatable bonds is 2. The van der Waals surface area contributed by atoms with Crippen LogP contribution >= 0.6 is 11.6 Å². The van der Waals surface area contributed by atoms with Crippen LogP contribution < -0.4 is 0 Å². The summed E-state index contributed by atoms with van der Waals surface area (Å²) in [5, 5.41) is 0.492. The second kappa shape index (κ2) is 5.11. The van der Waals surface area contributed by atoms with Crippen LogP contribution in [0, 0.1) is 0 Å². The standard InChI is InChI=1S/C12H18ClN3/c1-9(2)16-6-4-3-5-11(16)10-7-14-8-12(13)15-10/h7-9,11H,3-6H2,1-2H3/t11-/m1/s1. The molecule has 0 spiro atoms. The van der Waals surface area contributed by atoms with Gasteiger partial charge >= 0.3 is 0 Å². The van der Waals surface area contributed by atoms with Crippen LogP contribution in [-0.2, 0) is 0 Å². The number of halogens is 1. The minimum Gasteiger partial charge on any atom is -0.292 e. The van der Waals surface area contributed by atoms with E-state index < -0.39 is 0 Å². The molecular formula is C12H18ClN3. The predicted molar refractivity (Wildman–Crippen MR) is 65.5 cm³/mol. The lowest BCUT2D eigenvalue weighted by Gasteiger charge is -2.38. The third kappa shape index (κ3) is 2.53. The van der Waals surface area contributed by atoms with Gasteiger partial charge in [-0.05, 0) is 33.2 Å². The molecule has 0 radical (unpaired) electrons. The minimum atomic E-state index is 0.389. The minimum absolute atomic E-state index is 0.389. The lowest BCUT2D eigenvalue weighted by atomic mass is 9.98. The van der Waals surface area contributed by atoms with E-state index in [1.165, 1.54) is 12.8 Å². The summed E-state index contributed by atoms with van der Waals surface area (Å²) in [6.07, 6.45) is 7.14. The Balaban J connectivity index is 2.23. The van der Waals surface area contributed by atoms with Crippen molar-refractivity contribution in [3.63, 3.8) is 0 Å². The molecule has 1 aromatic heterocycles. The van der Waals surface area contributed by atoms with Crippen LogP contribution in [0.3, 0.4) is 0 Å². The normalized spacial score (nSPS) is 22.6. The monoisotopic (exact) mass is 239 g/mol. The number of nitrogens with zero attached hydrogens (tertiary/aromatic N) is 3. The Kier molecular flexibility index (Phi) is 3.77. The first-order valence-corrected chi connectivity index (χ1v) is 6.29. The first-order chi connectivity index (χ1) is 7.68. The molecule has 2 heterocycles. The van der Waals surface area contributed by atoms with E-state index >= 15 is 0 Å². The maximum absolute atomic E-state index is 5.90. The molecule has 3 nitrogen and oxygen atoms in total. The maximum atomic E-state index is 5.90. The zero-order valence-corrected chi connectivity index (χ0v) is 10.6. The van der Waals surface area contributed by atoms with Crippen molar-refractivity contribution in [1.29, 1.82) is 0 Å². The molecule has 1 fully saturated rings. The van der Waals surface area contributed by atoms with Crippen molar-refractivity contribution < 1.29 is 0 Å². The van der Waals surface area contributed by atoms with Gasteiger partial charge in [-0.1, -0.05) is 18.0 Å². The van der Waals surface area contributed by atoms with Gasteiger partial charge in [0.2, 0.25) is 0 Å². The SMILES string of the molecule is CC(C)N1CCCC[C@@H]1c1cncc(Cl)n1. The highest BCUT2D eigenvalue weighted by Crippen LogP contribution is 2.31. The van der Waals surface area contributed by atoms with E-state index in [4.69, 9.17) is 11.6 Å². The molecule has 88 valence electrons. The van der Waals surface area contributed by atoms with Crippen LogP contribution in [0.15, 0.2) is 12.4 Å². The van der Waals surface area contributed by atoms with E-state index in [1.807, 2.05) is 6.20 Å². The Bertz CT molecular complexity index is 354.